The van der Waals surface area contributed by atoms with E-state index in [1.54, 1.807) is 0 Å². The van der Waals surface area contributed by atoms with Crippen LogP contribution in [-0.4, -0.2) is 43.4 Å². The average Bonchev–Trinajstić information content (AvgIpc) is 2.30. The first-order valence-corrected chi connectivity index (χ1v) is 5.82. The molecule has 0 aromatic carbocycles. The summed E-state index contributed by atoms with van der Waals surface area (Å²) in [6.45, 7) is 5.67. The molecule has 0 amide bonds. The van der Waals surface area contributed by atoms with Gasteiger partial charge in [-0.25, -0.2) is 0 Å². The zero-order valence-electron chi connectivity index (χ0n) is 9.38. The maximum Gasteiger partial charge on any atom is 0.120 e. The molecule has 3 heteroatoms. The third kappa shape index (κ3) is 2.27. The highest BCUT2D eigenvalue weighted by molar-refractivity contribution is 4.86. The second kappa shape index (κ2) is 4.17. The number of rotatable bonds is 0. The smallest absolute Gasteiger partial charge is 0.120 e. The van der Waals surface area contributed by atoms with Gasteiger partial charge in [0.25, 0.3) is 0 Å². The van der Waals surface area contributed by atoms with Crippen LogP contribution in [0.25, 0.3) is 0 Å². The Hall–Kier alpha value is -0.120. The van der Waals surface area contributed by atoms with Crippen LogP contribution in [0, 0.1) is 0 Å². The minimum absolute atomic E-state index is 0.00241. The maximum atomic E-state index is 6.11. The van der Waals surface area contributed by atoms with Gasteiger partial charge in [0.2, 0.25) is 0 Å². The highest BCUT2D eigenvalue weighted by Gasteiger charge is 2.36. The van der Waals surface area contributed by atoms with Crippen molar-refractivity contribution in [3.05, 3.63) is 0 Å². The third-order valence-electron chi connectivity index (χ3n) is 3.44. The molecule has 82 valence electrons. The summed E-state index contributed by atoms with van der Waals surface area (Å²) in [5.74, 6) is 0. The second-order valence-corrected chi connectivity index (χ2v) is 4.80. The summed E-state index contributed by atoms with van der Waals surface area (Å²) in [6, 6.07) is 0. The summed E-state index contributed by atoms with van der Waals surface area (Å²) < 4.78 is 6.11. The molecule has 2 rings (SSSR count). The van der Waals surface area contributed by atoms with Crippen LogP contribution in [0.15, 0.2) is 0 Å². The van der Waals surface area contributed by atoms with E-state index in [1.807, 2.05) is 0 Å². The molecule has 0 saturated carbocycles. The minimum atomic E-state index is 0.00241. The summed E-state index contributed by atoms with van der Waals surface area (Å²) >= 11 is 0. The molecule has 1 spiro atoms. The summed E-state index contributed by atoms with van der Waals surface area (Å²) in [4.78, 5) is 2.40. The van der Waals surface area contributed by atoms with Crippen molar-refractivity contribution in [3.63, 3.8) is 0 Å². The van der Waals surface area contributed by atoms with Gasteiger partial charge in [-0.3, -0.25) is 5.32 Å². The van der Waals surface area contributed by atoms with Gasteiger partial charge in [0.15, 0.2) is 0 Å². The number of ether oxygens (including phenoxy) is 1. The Kier molecular flexibility index (Phi) is 3.10. The second-order valence-electron chi connectivity index (χ2n) is 4.80. The zero-order chi connectivity index (χ0) is 10.0. The number of hydrogen-bond donors (Lipinski definition) is 1. The van der Waals surface area contributed by atoms with Crippen molar-refractivity contribution in [2.75, 3.05) is 26.7 Å². The van der Waals surface area contributed by atoms with Gasteiger partial charge in [0.1, 0.15) is 5.72 Å². The Morgan fingerprint density at radius 2 is 2.21 bits per heavy atom. The predicted octanol–water partition coefficient (Wildman–Crippen LogP) is 1.20. The fraction of sp³-hybridized carbons (Fsp3) is 1.00. The first kappa shape index (κ1) is 10.4. The van der Waals surface area contributed by atoms with E-state index in [1.165, 1.54) is 19.4 Å². The Balaban J connectivity index is 1.99. The SMILES string of the molecule is CC1CCNC2(CCCN(C)CC2)O1. The molecule has 1 N–H and O–H groups in total. The van der Waals surface area contributed by atoms with Crippen molar-refractivity contribution < 1.29 is 4.74 Å². The molecule has 0 bridgehead atoms. The van der Waals surface area contributed by atoms with Gasteiger partial charge >= 0.3 is 0 Å². The van der Waals surface area contributed by atoms with Crippen molar-refractivity contribution in [2.45, 2.75) is 44.4 Å². The Morgan fingerprint density at radius 3 is 3.00 bits per heavy atom. The van der Waals surface area contributed by atoms with Gasteiger partial charge in [-0.2, -0.15) is 0 Å². The lowest BCUT2D eigenvalue weighted by Gasteiger charge is -2.41. The van der Waals surface area contributed by atoms with Crippen LogP contribution < -0.4 is 5.32 Å². The number of likely N-dealkylation sites (tertiary alicyclic amines) is 1. The summed E-state index contributed by atoms with van der Waals surface area (Å²) in [6.07, 6.45) is 5.13. The normalized spacial score (nSPS) is 41.1. The Labute approximate surface area is 86.8 Å². The average molecular weight is 198 g/mol. The van der Waals surface area contributed by atoms with E-state index >= 15 is 0 Å². The first-order chi connectivity index (χ1) is 6.70. The molecular weight excluding hydrogens is 176 g/mol. The van der Waals surface area contributed by atoms with Gasteiger partial charge < -0.3 is 9.64 Å². The van der Waals surface area contributed by atoms with Crippen molar-refractivity contribution in [1.82, 2.24) is 10.2 Å². The zero-order valence-corrected chi connectivity index (χ0v) is 9.38. The molecule has 2 saturated heterocycles. The molecule has 2 unspecified atom stereocenters. The lowest BCUT2D eigenvalue weighted by Crippen LogP contribution is -2.54. The first-order valence-electron chi connectivity index (χ1n) is 5.82. The lowest BCUT2D eigenvalue weighted by molar-refractivity contribution is -0.142. The fourth-order valence-corrected chi connectivity index (χ4v) is 2.53. The molecule has 2 fully saturated rings. The highest BCUT2D eigenvalue weighted by Crippen LogP contribution is 2.28. The Bertz CT molecular complexity index is 198. The van der Waals surface area contributed by atoms with E-state index in [-0.39, 0.29) is 5.72 Å². The third-order valence-corrected chi connectivity index (χ3v) is 3.44. The van der Waals surface area contributed by atoms with Gasteiger partial charge in [-0.1, -0.05) is 0 Å². The van der Waals surface area contributed by atoms with E-state index in [0.29, 0.717) is 6.10 Å². The van der Waals surface area contributed by atoms with Gasteiger partial charge in [-0.15, -0.1) is 0 Å². The van der Waals surface area contributed by atoms with E-state index in [2.05, 4.69) is 24.2 Å². The van der Waals surface area contributed by atoms with Gasteiger partial charge in [-0.05, 0) is 39.8 Å². The van der Waals surface area contributed by atoms with Gasteiger partial charge in [0.05, 0.1) is 6.10 Å². The molecule has 14 heavy (non-hydrogen) atoms. The van der Waals surface area contributed by atoms with Gasteiger partial charge in [0, 0.05) is 19.5 Å². The van der Waals surface area contributed by atoms with E-state index in [0.717, 1.165) is 25.9 Å². The van der Waals surface area contributed by atoms with E-state index in [4.69, 9.17) is 4.74 Å². The summed E-state index contributed by atoms with van der Waals surface area (Å²) in [7, 11) is 2.20. The van der Waals surface area contributed by atoms with E-state index < -0.39 is 0 Å². The fourth-order valence-electron chi connectivity index (χ4n) is 2.53. The van der Waals surface area contributed by atoms with Crippen LogP contribution in [0.3, 0.4) is 0 Å². The van der Waals surface area contributed by atoms with E-state index in [9.17, 15) is 0 Å². The molecule has 0 aromatic heterocycles. The standard InChI is InChI=1S/C11H22N2O/c1-10-4-7-12-11(14-10)5-3-8-13(2)9-6-11/h10,12H,3-9H2,1-2H3. The summed E-state index contributed by atoms with van der Waals surface area (Å²) in [5, 5.41) is 3.58. The molecule has 2 aliphatic heterocycles. The number of nitrogens with one attached hydrogen (secondary N) is 1. The van der Waals surface area contributed by atoms with Crippen molar-refractivity contribution in [1.29, 1.82) is 0 Å². The minimum Gasteiger partial charge on any atom is -0.358 e. The molecule has 2 heterocycles. The molecule has 0 aromatic rings. The van der Waals surface area contributed by atoms with Crippen LogP contribution >= 0.6 is 0 Å². The maximum absolute atomic E-state index is 6.11. The molecule has 2 aliphatic rings. The predicted molar refractivity (Wildman–Crippen MR) is 57.2 cm³/mol. The number of hydrogen-bond acceptors (Lipinski definition) is 3. The molecule has 3 nitrogen and oxygen atoms in total. The molecular formula is C11H22N2O. The topological polar surface area (TPSA) is 24.5 Å². The Morgan fingerprint density at radius 1 is 1.36 bits per heavy atom. The summed E-state index contributed by atoms with van der Waals surface area (Å²) in [5.41, 5.74) is 0.00241. The quantitative estimate of drug-likeness (QED) is 0.633. The van der Waals surface area contributed by atoms with Crippen LogP contribution in [0.2, 0.25) is 0 Å². The molecule has 2 atom stereocenters. The highest BCUT2D eigenvalue weighted by atomic mass is 16.5. The van der Waals surface area contributed by atoms with Crippen molar-refractivity contribution in [3.8, 4) is 0 Å². The largest absolute Gasteiger partial charge is 0.358 e. The van der Waals surface area contributed by atoms with Crippen molar-refractivity contribution >= 4 is 0 Å². The van der Waals surface area contributed by atoms with Crippen LogP contribution in [-0.2, 0) is 4.74 Å². The van der Waals surface area contributed by atoms with Crippen molar-refractivity contribution in [2.24, 2.45) is 0 Å². The monoisotopic (exact) mass is 198 g/mol. The lowest BCUT2D eigenvalue weighted by atomic mass is 10.0. The number of nitrogens with zero attached hydrogens (tertiary/aromatic N) is 1. The molecule has 0 aliphatic carbocycles. The van der Waals surface area contributed by atoms with Crippen LogP contribution in [0.4, 0.5) is 0 Å². The molecule has 0 radical (unpaired) electrons. The van der Waals surface area contributed by atoms with Crippen LogP contribution in [0.5, 0.6) is 0 Å². The van der Waals surface area contributed by atoms with Crippen LogP contribution in [0.1, 0.15) is 32.6 Å².